The summed E-state index contributed by atoms with van der Waals surface area (Å²) in [7, 11) is 0. The number of rotatable bonds is 11. The lowest BCUT2D eigenvalue weighted by Gasteiger charge is -2.23. The number of nitrogens with zero attached hydrogens (tertiary/aromatic N) is 1. The smallest absolute Gasteiger partial charge is 0.307 e. The number of hydrogen-bond acceptors (Lipinski definition) is 4. The van der Waals surface area contributed by atoms with E-state index in [1.165, 1.54) is 0 Å². The zero-order valence-electron chi connectivity index (χ0n) is 17.3. The molecule has 1 aromatic carbocycles. The molecule has 7 heteroatoms. The van der Waals surface area contributed by atoms with Gasteiger partial charge in [0, 0.05) is 30.5 Å². The Morgan fingerprint density at radius 3 is 2.43 bits per heavy atom. The number of ether oxygens (including phenoxy) is 1. The van der Waals surface area contributed by atoms with E-state index in [-0.39, 0.29) is 18.9 Å². The normalized spacial score (nSPS) is 18.7. The molecule has 0 spiro atoms. The second-order valence-electron chi connectivity index (χ2n) is 7.57. The molecule has 0 fully saturated rings. The van der Waals surface area contributed by atoms with Gasteiger partial charge in [0.05, 0.1) is 12.3 Å². The summed E-state index contributed by atoms with van der Waals surface area (Å²) in [4.78, 5) is 26.2. The summed E-state index contributed by atoms with van der Waals surface area (Å²) in [6, 6.07) is 7.66. The van der Waals surface area contributed by atoms with Crippen LogP contribution in [0.3, 0.4) is 0 Å². The highest BCUT2D eigenvalue weighted by molar-refractivity contribution is 6.18. The maximum Gasteiger partial charge on any atom is 0.307 e. The molecule has 1 aliphatic carbocycles. The van der Waals surface area contributed by atoms with Gasteiger partial charge in [-0.05, 0) is 55.9 Å². The number of anilines is 1. The van der Waals surface area contributed by atoms with E-state index in [1.54, 1.807) is 0 Å². The molecule has 1 aromatic rings. The van der Waals surface area contributed by atoms with Crippen molar-refractivity contribution < 1.29 is 19.4 Å². The molecule has 2 atom stereocenters. The van der Waals surface area contributed by atoms with Gasteiger partial charge in [0.15, 0.2) is 0 Å². The molecule has 0 heterocycles. The number of carbonyl (C=O) groups is 2. The topological polar surface area (TPSA) is 66.8 Å². The molecule has 166 valence electrons. The molecule has 1 aliphatic rings. The SMILES string of the molecule is O=C(C[C@@H](Cc1ccc(N(CCCl)CCCl)cc1)C(=O)O)OC1/C=C/CCCCC1. The number of benzene rings is 1. The number of halogens is 2. The predicted octanol–water partition coefficient (Wildman–Crippen LogP) is 5.04. The van der Waals surface area contributed by atoms with Crippen molar-refractivity contribution in [2.45, 2.75) is 51.0 Å². The van der Waals surface area contributed by atoms with Crippen molar-refractivity contribution in [3.05, 3.63) is 42.0 Å². The molecule has 5 nitrogen and oxygen atoms in total. The van der Waals surface area contributed by atoms with Gasteiger partial charge in [-0.1, -0.05) is 24.6 Å². The third-order valence-corrected chi connectivity index (χ3v) is 5.59. The van der Waals surface area contributed by atoms with Gasteiger partial charge in [-0.2, -0.15) is 0 Å². The fourth-order valence-electron chi connectivity index (χ4n) is 3.59. The zero-order valence-corrected chi connectivity index (χ0v) is 18.8. The Bertz CT molecular complexity index is 687. The maximum absolute atomic E-state index is 12.4. The molecule has 1 N–H and O–H groups in total. The van der Waals surface area contributed by atoms with Crippen LogP contribution in [0.1, 0.15) is 44.1 Å². The van der Waals surface area contributed by atoms with Crippen molar-refractivity contribution in [2.24, 2.45) is 5.92 Å². The number of aliphatic carboxylic acids is 1. The second kappa shape index (κ2) is 13.6. The molecule has 1 unspecified atom stereocenters. The number of carboxylic acids is 1. The van der Waals surface area contributed by atoms with Gasteiger partial charge in [0.2, 0.25) is 0 Å². The largest absolute Gasteiger partial charge is 0.481 e. The molecule has 0 saturated carbocycles. The fourth-order valence-corrected chi connectivity index (χ4v) is 4.00. The van der Waals surface area contributed by atoms with Crippen LogP contribution in [0.2, 0.25) is 0 Å². The predicted molar refractivity (Wildman–Crippen MR) is 122 cm³/mol. The average Bonchev–Trinajstić information content (AvgIpc) is 2.70. The van der Waals surface area contributed by atoms with E-state index in [0.717, 1.165) is 43.4 Å². The van der Waals surface area contributed by atoms with E-state index in [0.29, 0.717) is 24.8 Å². The van der Waals surface area contributed by atoms with E-state index < -0.39 is 17.9 Å². The van der Waals surface area contributed by atoms with Gasteiger partial charge >= 0.3 is 11.9 Å². The van der Waals surface area contributed by atoms with Crippen molar-refractivity contribution in [1.82, 2.24) is 0 Å². The van der Waals surface area contributed by atoms with Crippen LogP contribution in [0.5, 0.6) is 0 Å². The number of esters is 1. The average molecular weight is 456 g/mol. The van der Waals surface area contributed by atoms with Gasteiger partial charge < -0.3 is 14.7 Å². The third kappa shape index (κ3) is 8.57. The standard InChI is InChI=1S/C23H31Cl2NO4/c24-12-14-26(15-13-25)20-10-8-18(9-11-20)16-19(23(28)29)17-22(27)30-21-6-4-2-1-3-5-7-21/h4,6,8-11,19,21H,1-3,5,7,12-17H2,(H,28,29)/b6-4+/t19-,21?/m1/s1. The van der Waals surface area contributed by atoms with Crippen molar-refractivity contribution in [3.8, 4) is 0 Å². The summed E-state index contributed by atoms with van der Waals surface area (Å²) >= 11 is 11.7. The lowest BCUT2D eigenvalue weighted by molar-refractivity contribution is -0.153. The number of hydrogen-bond donors (Lipinski definition) is 1. The van der Waals surface area contributed by atoms with Crippen molar-refractivity contribution >= 4 is 40.8 Å². The first-order chi connectivity index (χ1) is 14.5. The van der Waals surface area contributed by atoms with Crippen molar-refractivity contribution in [3.63, 3.8) is 0 Å². The fraction of sp³-hybridized carbons (Fsp3) is 0.565. The molecule has 2 rings (SSSR count). The first-order valence-electron chi connectivity index (χ1n) is 10.6. The highest BCUT2D eigenvalue weighted by Gasteiger charge is 2.24. The van der Waals surface area contributed by atoms with Crippen LogP contribution in [-0.2, 0) is 20.7 Å². The molecule has 30 heavy (non-hydrogen) atoms. The zero-order chi connectivity index (χ0) is 21.8. The van der Waals surface area contributed by atoms with E-state index in [1.807, 2.05) is 36.4 Å². The lowest BCUT2D eigenvalue weighted by Crippen LogP contribution is -2.27. The van der Waals surface area contributed by atoms with Crippen LogP contribution in [0.4, 0.5) is 5.69 Å². The number of allylic oxidation sites excluding steroid dienone is 1. The molecule has 0 bridgehead atoms. The van der Waals surface area contributed by atoms with Crippen LogP contribution in [0.25, 0.3) is 0 Å². The Labute approximate surface area is 189 Å². The monoisotopic (exact) mass is 455 g/mol. The Morgan fingerprint density at radius 2 is 1.80 bits per heavy atom. The molecule has 0 amide bonds. The minimum Gasteiger partial charge on any atom is -0.481 e. The first-order valence-corrected chi connectivity index (χ1v) is 11.6. The minimum atomic E-state index is -0.991. The molecule has 0 radical (unpaired) electrons. The molecule has 0 aliphatic heterocycles. The lowest BCUT2D eigenvalue weighted by atomic mass is 9.96. The number of carbonyl (C=O) groups excluding carboxylic acids is 1. The number of alkyl halides is 2. The van der Waals surface area contributed by atoms with Gasteiger partial charge in [0.25, 0.3) is 0 Å². The summed E-state index contributed by atoms with van der Waals surface area (Å²) in [5, 5.41) is 9.59. The van der Waals surface area contributed by atoms with E-state index >= 15 is 0 Å². The highest BCUT2D eigenvalue weighted by Crippen LogP contribution is 2.21. The molecular weight excluding hydrogens is 425 g/mol. The van der Waals surface area contributed by atoms with Gasteiger partial charge in [-0.15, -0.1) is 23.2 Å². The first kappa shape index (κ1) is 24.5. The van der Waals surface area contributed by atoms with Crippen LogP contribution in [0, 0.1) is 5.92 Å². The van der Waals surface area contributed by atoms with Crippen molar-refractivity contribution in [2.75, 3.05) is 29.7 Å². The summed E-state index contributed by atoms with van der Waals surface area (Å²) in [6.07, 6.45) is 8.96. The van der Waals surface area contributed by atoms with Gasteiger partial charge in [0.1, 0.15) is 6.10 Å². The summed E-state index contributed by atoms with van der Waals surface area (Å²) < 4.78 is 5.53. The van der Waals surface area contributed by atoms with E-state index in [9.17, 15) is 14.7 Å². The Kier molecular flexibility index (Phi) is 11.1. The van der Waals surface area contributed by atoms with Crippen LogP contribution >= 0.6 is 23.2 Å². The number of carboxylic acid groups (broad SMARTS) is 1. The maximum atomic E-state index is 12.4. The Hall–Kier alpha value is -1.72. The third-order valence-electron chi connectivity index (χ3n) is 5.25. The van der Waals surface area contributed by atoms with Crippen LogP contribution in [-0.4, -0.2) is 48.0 Å². The second-order valence-corrected chi connectivity index (χ2v) is 8.33. The molecule has 0 aromatic heterocycles. The highest BCUT2D eigenvalue weighted by atomic mass is 35.5. The van der Waals surface area contributed by atoms with E-state index in [2.05, 4.69) is 4.90 Å². The van der Waals surface area contributed by atoms with Crippen molar-refractivity contribution in [1.29, 1.82) is 0 Å². The molecular formula is C23H31Cl2NO4. The van der Waals surface area contributed by atoms with Crippen LogP contribution < -0.4 is 4.90 Å². The van der Waals surface area contributed by atoms with Gasteiger partial charge in [-0.25, -0.2) is 0 Å². The summed E-state index contributed by atoms with van der Waals surface area (Å²) in [5.74, 6) is -1.27. The van der Waals surface area contributed by atoms with Crippen LogP contribution in [0.15, 0.2) is 36.4 Å². The summed E-state index contributed by atoms with van der Waals surface area (Å²) in [5.41, 5.74) is 1.85. The van der Waals surface area contributed by atoms with Gasteiger partial charge in [-0.3, -0.25) is 9.59 Å². The summed E-state index contributed by atoms with van der Waals surface area (Å²) in [6.45, 7) is 1.37. The van der Waals surface area contributed by atoms with E-state index in [4.69, 9.17) is 27.9 Å². The molecule has 0 saturated heterocycles. The Balaban J connectivity index is 1.95. The quantitative estimate of drug-likeness (QED) is 0.287. The minimum absolute atomic E-state index is 0.133. The Morgan fingerprint density at radius 1 is 1.10 bits per heavy atom.